The van der Waals surface area contributed by atoms with Crippen LogP contribution in [0, 0.1) is 5.92 Å². The van der Waals surface area contributed by atoms with Crippen LogP contribution >= 0.6 is 11.8 Å². The largest absolute Gasteiger partial charge is 0.341 e. The summed E-state index contributed by atoms with van der Waals surface area (Å²) in [4.78, 5) is 25.3. The van der Waals surface area contributed by atoms with E-state index in [9.17, 15) is 9.59 Å². The summed E-state index contributed by atoms with van der Waals surface area (Å²) in [6.45, 7) is 5.65. The zero-order valence-corrected chi connectivity index (χ0v) is 11.6. The van der Waals surface area contributed by atoms with Crippen LogP contribution in [0.15, 0.2) is 0 Å². The van der Waals surface area contributed by atoms with E-state index < -0.39 is 0 Å². The summed E-state index contributed by atoms with van der Waals surface area (Å²) in [5.74, 6) is 1.25. The Morgan fingerprint density at radius 2 is 2.17 bits per heavy atom. The molecule has 2 aliphatic rings. The van der Waals surface area contributed by atoms with Crippen LogP contribution in [0.5, 0.6) is 0 Å². The van der Waals surface area contributed by atoms with Crippen molar-refractivity contribution in [2.24, 2.45) is 5.92 Å². The molecule has 1 atom stereocenters. The molecule has 2 N–H and O–H groups in total. The van der Waals surface area contributed by atoms with Crippen LogP contribution in [0.25, 0.3) is 0 Å². The molecule has 2 rings (SSSR count). The summed E-state index contributed by atoms with van der Waals surface area (Å²) in [6.07, 6.45) is 2.27. The molecule has 2 heterocycles. The minimum Gasteiger partial charge on any atom is -0.341 e. The smallest absolute Gasteiger partial charge is 0.279 e. The van der Waals surface area contributed by atoms with Crippen LogP contribution in [-0.2, 0) is 4.79 Å². The molecular weight excluding hydrogens is 250 g/mol. The first-order valence-electron chi connectivity index (χ1n) is 6.63. The van der Waals surface area contributed by atoms with E-state index in [2.05, 4.69) is 10.6 Å². The fourth-order valence-corrected chi connectivity index (χ4v) is 3.26. The molecule has 2 saturated heterocycles. The second-order valence-electron chi connectivity index (χ2n) is 4.87. The molecule has 0 aliphatic carbocycles. The van der Waals surface area contributed by atoms with Gasteiger partial charge in [0.1, 0.15) is 6.04 Å². The van der Waals surface area contributed by atoms with Crippen molar-refractivity contribution >= 4 is 22.9 Å². The lowest BCUT2D eigenvalue weighted by molar-refractivity contribution is -0.133. The van der Waals surface area contributed by atoms with Gasteiger partial charge in [0.05, 0.1) is 0 Å². The monoisotopic (exact) mass is 271 g/mol. The van der Waals surface area contributed by atoms with Gasteiger partial charge in [0.2, 0.25) is 5.91 Å². The maximum absolute atomic E-state index is 12.3. The van der Waals surface area contributed by atoms with Gasteiger partial charge in [0.15, 0.2) is 0 Å². The van der Waals surface area contributed by atoms with Gasteiger partial charge in [-0.25, -0.2) is 0 Å². The Bertz CT molecular complexity index is 318. The zero-order valence-electron chi connectivity index (χ0n) is 10.8. The number of carbonyl (C=O) groups is 2. The first-order valence-corrected chi connectivity index (χ1v) is 7.62. The van der Waals surface area contributed by atoms with Crippen molar-refractivity contribution < 1.29 is 9.59 Å². The predicted molar refractivity (Wildman–Crippen MR) is 72.6 cm³/mol. The number of likely N-dealkylation sites (N-methyl/N-ethyl adjacent to an activating group) is 1. The van der Waals surface area contributed by atoms with Crippen LogP contribution in [-0.4, -0.2) is 54.0 Å². The van der Waals surface area contributed by atoms with Crippen molar-refractivity contribution in [3.05, 3.63) is 0 Å². The number of hydrogen-bond donors (Lipinski definition) is 2. The van der Waals surface area contributed by atoms with Crippen LogP contribution in [0.4, 0.5) is 4.79 Å². The van der Waals surface area contributed by atoms with Gasteiger partial charge in [0.25, 0.3) is 5.24 Å². The van der Waals surface area contributed by atoms with E-state index in [4.69, 9.17) is 0 Å². The summed E-state index contributed by atoms with van der Waals surface area (Å²) < 4.78 is 0. The Labute approximate surface area is 112 Å². The Hall–Kier alpha value is -0.750. The van der Waals surface area contributed by atoms with E-state index in [1.54, 1.807) is 0 Å². The number of hydrogen-bond acceptors (Lipinski definition) is 4. The lowest BCUT2D eigenvalue weighted by Gasteiger charge is -2.30. The molecule has 0 bridgehead atoms. The van der Waals surface area contributed by atoms with Crippen LogP contribution in [0.1, 0.15) is 19.8 Å². The third kappa shape index (κ3) is 3.38. The highest BCUT2D eigenvalue weighted by molar-refractivity contribution is 8.14. The zero-order chi connectivity index (χ0) is 13.0. The molecule has 2 aliphatic heterocycles. The lowest BCUT2D eigenvalue weighted by atomic mass is 9.97. The fraction of sp³-hybridized carbons (Fsp3) is 0.833. The number of nitrogens with one attached hydrogen (secondary N) is 2. The number of thioether (sulfide) groups is 1. The first-order chi connectivity index (χ1) is 8.70. The van der Waals surface area contributed by atoms with Crippen LogP contribution in [0.3, 0.4) is 0 Å². The number of carbonyl (C=O) groups excluding carboxylic acids is 2. The van der Waals surface area contributed by atoms with Gasteiger partial charge in [-0.05, 0) is 38.8 Å². The summed E-state index contributed by atoms with van der Waals surface area (Å²) in [5, 5.41) is 5.98. The molecule has 1 unspecified atom stereocenters. The van der Waals surface area contributed by atoms with E-state index >= 15 is 0 Å². The molecule has 0 radical (unpaired) electrons. The van der Waals surface area contributed by atoms with E-state index in [-0.39, 0.29) is 17.2 Å². The molecule has 0 aromatic rings. The Balaban J connectivity index is 1.86. The normalized spacial score (nSPS) is 24.9. The van der Waals surface area contributed by atoms with Crippen LogP contribution in [0.2, 0.25) is 0 Å². The Kier molecular flexibility index (Phi) is 4.88. The van der Waals surface area contributed by atoms with Crippen molar-refractivity contribution in [1.29, 1.82) is 0 Å². The highest BCUT2D eigenvalue weighted by atomic mass is 32.2. The van der Waals surface area contributed by atoms with Gasteiger partial charge >= 0.3 is 0 Å². The maximum atomic E-state index is 12.3. The van der Waals surface area contributed by atoms with Gasteiger partial charge in [-0.15, -0.1) is 0 Å². The maximum Gasteiger partial charge on any atom is 0.279 e. The Morgan fingerprint density at radius 3 is 2.72 bits per heavy atom. The van der Waals surface area contributed by atoms with Gasteiger partial charge in [-0.2, -0.15) is 0 Å². The molecule has 6 heteroatoms. The summed E-state index contributed by atoms with van der Waals surface area (Å²) in [7, 11) is 0. The van der Waals surface area contributed by atoms with E-state index in [1.807, 2.05) is 11.8 Å². The number of piperidine rings is 1. The van der Waals surface area contributed by atoms with Crippen molar-refractivity contribution in [3.8, 4) is 0 Å². The molecular formula is C12H21N3O2S. The number of rotatable bonds is 4. The minimum atomic E-state index is -0.316. The molecule has 0 spiro atoms. The highest BCUT2D eigenvalue weighted by Gasteiger charge is 2.31. The molecule has 2 fully saturated rings. The first kappa shape index (κ1) is 13.7. The van der Waals surface area contributed by atoms with Crippen molar-refractivity contribution in [3.63, 3.8) is 0 Å². The standard InChI is InChI=1S/C12H21N3O2S/c1-2-15(7-9-3-5-13-6-4-9)11(16)10-8-18-12(17)14-10/h9-10,13H,2-8H2,1H3,(H,14,17). The highest BCUT2D eigenvalue weighted by Crippen LogP contribution is 2.18. The van der Waals surface area contributed by atoms with Gasteiger partial charge in [-0.1, -0.05) is 11.8 Å². The van der Waals surface area contributed by atoms with Gasteiger partial charge < -0.3 is 15.5 Å². The quantitative estimate of drug-likeness (QED) is 0.788. The van der Waals surface area contributed by atoms with Gasteiger partial charge in [0, 0.05) is 18.8 Å². The molecule has 0 saturated carbocycles. The minimum absolute atomic E-state index is 0.0775. The number of amides is 2. The molecule has 5 nitrogen and oxygen atoms in total. The molecule has 0 aromatic heterocycles. The second-order valence-corrected chi connectivity index (χ2v) is 5.86. The van der Waals surface area contributed by atoms with E-state index in [0.717, 1.165) is 39.0 Å². The van der Waals surface area contributed by atoms with Crippen LogP contribution < -0.4 is 10.6 Å². The van der Waals surface area contributed by atoms with Gasteiger partial charge in [-0.3, -0.25) is 9.59 Å². The SMILES string of the molecule is CCN(CC1CCNCC1)C(=O)C1CSC(=O)N1. The predicted octanol–water partition coefficient (Wildman–Crippen LogP) is 0.659. The Morgan fingerprint density at radius 1 is 1.44 bits per heavy atom. The van der Waals surface area contributed by atoms with E-state index in [0.29, 0.717) is 11.7 Å². The summed E-state index contributed by atoms with van der Waals surface area (Å²) >= 11 is 1.20. The summed E-state index contributed by atoms with van der Waals surface area (Å²) in [5.41, 5.74) is 0. The topological polar surface area (TPSA) is 61.4 Å². The molecule has 0 aromatic carbocycles. The van der Waals surface area contributed by atoms with Crippen molar-refractivity contribution in [2.75, 3.05) is 31.9 Å². The summed E-state index contributed by atoms with van der Waals surface area (Å²) in [6, 6.07) is -0.316. The molecule has 102 valence electrons. The third-order valence-electron chi connectivity index (χ3n) is 3.60. The fourth-order valence-electron chi connectivity index (χ4n) is 2.49. The molecule has 2 amide bonds. The average Bonchev–Trinajstić information content (AvgIpc) is 2.83. The van der Waals surface area contributed by atoms with E-state index in [1.165, 1.54) is 11.8 Å². The third-order valence-corrected chi connectivity index (χ3v) is 4.48. The second kappa shape index (κ2) is 6.43. The van der Waals surface area contributed by atoms with Crippen molar-refractivity contribution in [2.45, 2.75) is 25.8 Å². The molecule has 18 heavy (non-hydrogen) atoms. The average molecular weight is 271 g/mol. The lowest BCUT2D eigenvalue weighted by Crippen LogP contribution is -2.48. The number of nitrogens with zero attached hydrogens (tertiary/aromatic N) is 1. The van der Waals surface area contributed by atoms with Crippen molar-refractivity contribution in [1.82, 2.24) is 15.5 Å².